The number of hydrogen-bond donors (Lipinski definition) is 4. The van der Waals surface area contributed by atoms with E-state index in [4.69, 9.17) is 22.4 Å². The van der Waals surface area contributed by atoms with E-state index in [2.05, 4.69) is 9.98 Å². The molecule has 0 spiro atoms. The summed E-state index contributed by atoms with van der Waals surface area (Å²) in [5, 5.41) is 9.80. The number of rotatable bonds is 2. The van der Waals surface area contributed by atoms with Crippen molar-refractivity contribution in [3.63, 3.8) is 0 Å². The first kappa shape index (κ1) is 8.91. The normalized spacial score (nSPS) is 23.6. The Morgan fingerprint density at radius 1 is 1.58 bits per heavy atom. The number of hydrazine groups is 1. The van der Waals surface area contributed by atoms with E-state index in [-0.39, 0.29) is 12.6 Å². The number of aliphatic hydroxyl groups is 1. The zero-order valence-corrected chi connectivity index (χ0v) is 6.51. The third-order valence-corrected chi connectivity index (χ3v) is 1.43. The Labute approximate surface area is 69.5 Å². The van der Waals surface area contributed by atoms with Crippen LogP contribution in [0.25, 0.3) is 0 Å². The van der Waals surface area contributed by atoms with Gasteiger partial charge in [0.2, 0.25) is 5.96 Å². The Balaban J connectivity index is 2.76. The predicted octanol–water partition coefficient (Wildman–Crippen LogP) is -2.49. The molecule has 0 aromatic carbocycles. The van der Waals surface area contributed by atoms with Crippen LogP contribution in [0.15, 0.2) is 9.98 Å². The monoisotopic (exact) mass is 172 g/mol. The second kappa shape index (κ2) is 3.48. The van der Waals surface area contributed by atoms with Crippen LogP contribution in [0.5, 0.6) is 0 Å². The summed E-state index contributed by atoms with van der Waals surface area (Å²) < 4.78 is 0. The fourth-order valence-corrected chi connectivity index (χ4v) is 0.854. The minimum atomic E-state index is -0.705. The van der Waals surface area contributed by atoms with Crippen molar-refractivity contribution in [1.29, 1.82) is 0 Å². The number of guanidine groups is 1. The van der Waals surface area contributed by atoms with E-state index in [0.717, 1.165) is 0 Å². The number of nitrogens with zero attached hydrogens (tertiary/aromatic N) is 3. The number of amidine groups is 1. The lowest BCUT2D eigenvalue weighted by atomic mass is 10.4. The molecule has 0 amide bonds. The second-order valence-electron chi connectivity index (χ2n) is 2.31. The molecule has 0 aromatic heterocycles. The molecule has 1 aliphatic rings. The van der Waals surface area contributed by atoms with E-state index >= 15 is 0 Å². The first-order chi connectivity index (χ1) is 5.65. The van der Waals surface area contributed by atoms with Gasteiger partial charge in [-0.2, -0.15) is 4.99 Å². The first-order valence-corrected chi connectivity index (χ1v) is 3.46. The lowest BCUT2D eigenvalue weighted by Crippen LogP contribution is -2.53. The lowest BCUT2D eigenvalue weighted by Gasteiger charge is -2.26. The van der Waals surface area contributed by atoms with Crippen LogP contribution in [0.2, 0.25) is 0 Å². The van der Waals surface area contributed by atoms with Crippen molar-refractivity contribution in [2.24, 2.45) is 27.3 Å². The van der Waals surface area contributed by atoms with Gasteiger partial charge in [0.25, 0.3) is 0 Å². The molecular formula is C5H12N6O. The van der Waals surface area contributed by atoms with Crippen LogP contribution in [0.3, 0.4) is 0 Å². The lowest BCUT2D eigenvalue weighted by molar-refractivity contribution is 0.282. The molecule has 1 heterocycles. The Morgan fingerprint density at radius 3 is 2.83 bits per heavy atom. The van der Waals surface area contributed by atoms with Crippen LogP contribution in [-0.2, 0) is 0 Å². The molecule has 1 unspecified atom stereocenters. The highest BCUT2D eigenvalue weighted by atomic mass is 16.3. The van der Waals surface area contributed by atoms with Crippen molar-refractivity contribution < 1.29 is 5.11 Å². The molecule has 0 aromatic rings. The van der Waals surface area contributed by atoms with Gasteiger partial charge in [0, 0.05) is 6.42 Å². The Bertz CT molecular complexity index is 224. The molecule has 1 atom stereocenters. The molecule has 0 saturated carbocycles. The van der Waals surface area contributed by atoms with Crippen LogP contribution in [0.1, 0.15) is 6.42 Å². The summed E-state index contributed by atoms with van der Waals surface area (Å²) in [6.07, 6.45) is -0.385. The van der Waals surface area contributed by atoms with E-state index in [1.807, 2.05) is 0 Å². The molecule has 0 fully saturated rings. The summed E-state index contributed by atoms with van der Waals surface area (Å²) in [5.41, 5.74) is 10.8. The van der Waals surface area contributed by atoms with Gasteiger partial charge in [-0.25, -0.2) is 10.8 Å². The molecule has 1 aliphatic heterocycles. The summed E-state index contributed by atoms with van der Waals surface area (Å²) in [7, 11) is 0. The Hall–Kier alpha value is -1.18. The van der Waals surface area contributed by atoms with Crippen molar-refractivity contribution in [2.75, 3.05) is 6.61 Å². The fraction of sp³-hybridized carbons (Fsp3) is 0.600. The largest absolute Gasteiger partial charge is 0.396 e. The van der Waals surface area contributed by atoms with E-state index in [9.17, 15) is 0 Å². The molecule has 7 N–H and O–H groups in total. The van der Waals surface area contributed by atoms with Crippen LogP contribution >= 0.6 is 0 Å². The van der Waals surface area contributed by atoms with E-state index < -0.39 is 6.29 Å². The average molecular weight is 172 g/mol. The molecule has 0 bridgehead atoms. The number of aliphatic imine (C=N–C) groups is 2. The minimum Gasteiger partial charge on any atom is -0.396 e. The standard InChI is InChI=1S/C5H12N6O/c6-4-9-3(1-2-12)11(8)5(7)10-4/h5,12H,1-2,7-8H2,(H2,6,10). The molecule has 1 rings (SSSR count). The Morgan fingerprint density at radius 2 is 2.25 bits per heavy atom. The first-order valence-electron chi connectivity index (χ1n) is 3.46. The second-order valence-corrected chi connectivity index (χ2v) is 2.31. The van der Waals surface area contributed by atoms with Crippen molar-refractivity contribution in [1.82, 2.24) is 5.01 Å². The maximum Gasteiger partial charge on any atom is 0.220 e. The van der Waals surface area contributed by atoms with Crippen LogP contribution in [0, 0.1) is 0 Å². The van der Waals surface area contributed by atoms with E-state index in [1.165, 1.54) is 5.01 Å². The van der Waals surface area contributed by atoms with Crippen LogP contribution in [0.4, 0.5) is 0 Å². The predicted molar refractivity (Wildman–Crippen MR) is 44.8 cm³/mol. The van der Waals surface area contributed by atoms with Gasteiger partial charge in [0.05, 0.1) is 6.61 Å². The maximum atomic E-state index is 8.62. The maximum absolute atomic E-state index is 8.62. The van der Waals surface area contributed by atoms with Gasteiger partial charge in [-0.15, -0.1) is 0 Å². The van der Waals surface area contributed by atoms with Gasteiger partial charge in [0.15, 0.2) is 6.29 Å². The summed E-state index contributed by atoms with van der Waals surface area (Å²) >= 11 is 0. The van der Waals surface area contributed by atoms with Crippen molar-refractivity contribution >= 4 is 11.8 Å². The van der Waals surface area contributed by atoms with Crippen molar-refractivity contribution in [3.8, 4) is 0 Å². The molecule has 7 nitrogen and oxygen atoms in total. The summed E-state index contributed by atoms with van der Waals surface area (Å²) in [6.45, 7) is -0.0491. The molecule has 68 valence electrons. The van der Waals surface area contributed by atoms with E-state index in [1.54, 1.807) is 0 Å². The quantitative estimate of drug-likeness (QED) is 0.343. The van der Waals surface area contributed by atoms with Crippen molar-refractivity contribution in [2.45, 2.75) is 12.7 Å². The molecule has 7 heteroatoms. The van der Waals surface area contributed by atoms with Gasteiger partial charge in [-0.05, 0) is 0 Å². The molecule has 0 aliphatic carbocycles. The van der Waals surface area contributed by atoms with Gasteiger partial charge in [-0.3, -0.25) is 10.7 Å². The minimum absolute atomic E-state index is 0.0491. The highest BCUT2D eigenvalue weighted by molar-refractivity contribution is 5.96. The van der Waals surface area contributed by atoms with Gasteiger partial charge in [-0.1, -0.05) is 0 Å². The summed E-state index contributed by atoms with van der Waals surface area (Å²) in [4.78, 5) is 7.51. The van der Waals surface area contributed by atoms with Gasteiger partial charge < -0.3 is 10.8 Å². The highest BCUT2D eigenvalue weighted by Crippen LogP contribution is 2.01. The third-order valence-electron chi connectivity index (χ3n) is 1.43. The molecule has 0 radical (unpaired) electrons. The summed E-state index contributed by atoms with van der Waals surface area (Å²) in [6, 6.07) is 0. The van der Waals surface area contributed by atoms with Crippen molar-refractivity contribution in [3.05, 3.63) is 0 Å². The SMILES string of the molecule is NC1=NC(N)N(N)C(CCO)=N1. The smallest absolute Gasteiger partial charge is 0.220 e. The highest BCUT2D eigenvalue weighted by Gasteiger charge is 2.18. The molecule has 0 saturated heterocycles. The van der Waals surface area contributed by atoms with Gasteiger partial charge in [0.1, 0.15) is 5.84 Å². The average Bonchev–Trinajstić information content (AvgIpc) is 2.00. The zero-order valence-electron chi connectivity index (χ0n) is 6.51. The Kier molecular flexibility index (Phi) is 2.58. The topological polar surface area (TPSA) is 126 Å². The van der Waals surface area contributed by atoms with Crippen LogP contribution < -0.4 is 17.3 Å². The number of hydrogen-bond acceptors (Lipinski definition) is 7. The van der Waals surface area contributed by atoms with E-state index in [0.29, 0.717) is 12.3 Å². The van der Waals surface area contributed by atoms with Gasteiger partial charge >= 0.3 is 0 Å². The third kappa shape index (κ3) is 1.70. The number of nitrogens with two attached hydrogens (primary N) is 3. The molecule has 12 heavy (non-hydrogen) atoms. The molecular weight excluding hydrogens is 160 g/mol. The zero-order chi connectivity index (χ0) is 9.14. The summed E-state index contributed by atoms with van der Waals surface area (Å²) in [5.74, 6) is 6.01. The number of aliphatic hydroxyl groups excluding tert-OH is 1. The van der Waals surface area contributed by atoms with Crippen LogP contribution in [-0.4, -0.2) is 34.8 Å². The fourth-order valence-electron chi connectivity index (χ4n) is 0.854.